The Morgan fingerprint density at radius 1 is 1.33 bits per heavy atom. The Bertz CT molecular complexity index is 554. The van der Waals surface area contributed by atoms with E-state index in [2.05, 4.69) is 9.97 Å². The van der Waals surface area contributed by atoms with Crippen LogP contribution in [0.4, 0.5) is 0 Å². The summed E-state index contributed by atoms with van der Waals surface area (Å²) in [5, 5.41) is 1.38. The van der Waals surface area contributed by atoms with E-state index in [0.29, 0.717) is 17.6 Å². The van der Waals surface area contributed by atoms with Gasteiger partial charge in [0.1, 0.15) is 5.15 Å². The lowest BCUT2D eigenvalue weighted by molar-refractivity contribution is 0.345. The van der Waals surface area contributed by atoms with Gasteiger partial charge in [-0.25, -0.2) is 4.98 Å². The van der Waals surface area contributed by atoms with Gasteiger partial charge in [-0.2, -0.15) is 0 Å². The Balaban J connectivity index is 2.45. The Morgan fingerprint density at radius 2 is 2.20 bits per heavy atom. The van der Waals surface area contributed by atoms with Crippen LogP contribution in [-0.2, 0) is 6.42 Å². The third kappa shape index (κ3) is 1.27. The summed E-state index contributed by atoms with van der Waals surface area (Å²) in [5.74, 6) is 0.644. The van der Waals surface area contributed by atoms with Crippen LogP contribution >= 0.6 is 11.6 Å². The van der Waals surface area contributed by atoms with Crippen molar-refractivity contribution in [3.8, 4) is 5.88 Å². The fourth-order valence-electron chi connectivity index (χ4n) is 1.87. The molecule has 0 bridgehead atoms. The monoisotopic (exact) mass is 220 g/mol. The number of aryl methyl sites for hydroxylation is 1. The lowest BCUT2D eigenvalue weighted by Gasteiger charge is -2.05. The molecular formula is C11H9ClN2O. The molecule has 1 aliphatic rings. The van der Waals surface area contributed by atoms with E-state index in [1.807, 2.05) is 19.1 Å². The van der Waals surface area contributed by atoms with Crippen molar-refractivity contribution in [2.75, 3.05) is 6.61 Å². The molecule has 3 heterocycles. The van der Waals surface area contributed by atoms with Gasteiger partial charge in [-0.05, 0) is 19.1 Å². The highest BCUT2D eigenvalue weighted by Crippen LogP contribution is 2.33. The minimum absolute atomic E-state index is 0.471. The van der Waals surface area contributed by atoms with Crippen LogP contribution < -0.4 is 4.74 Å². The molecule has 3 rings (SSSR count). The molecule has 0 unspecified atom stereocenters. The van der Waals surface area contributed by atoms with Crippen molar-refractivity contribution < 1.29 is 4.74 Å². The predicted molar refractivity (Wildman–Crippen MR) is 58.5 cm³/mol. The van der Waals surface area contributed by atoms with Gasteiger partial charge in [-0.15, -0.1) is 0 Å². The molecule has 0 saturated heterocycles. The van der Waals surface area contributed by atoms with E-state index in [0.717, 1.165) is 28.6 Å². The number of ether oxygens (including phenoxy) is 1. The van der Waals surface area contributed by atoms with Crippen LogP contribution in [0.3, 0.4) is 0 Å². The molecule has 0 radical (unpaired) electrons. The summed E-state index contributed by atoms with van der Waals surface area (Å²) in [5.41, 5.74) is 3.00. The molecule has 0 atom stereocenters. The van der Waals surface area contributed by atoms with E-state index >= 15 is 0 Å². The van der Waals surface area contributed by atoms with Crippen molar-refractivity contribution in [3.05, 3.63) is 28.5 Å². The summed E-state index contributed by atoms with van der Waals surface area (Å²) in [6.45, 7) is 2.64. The average molecular weight is 221 g/mol. The lowest BCUT2D eigenvalue weighted by Crippen LogP contribution is -1.91. The minimum Gasteiger partial charge on any atom is -0.477 e. The zero-order valence-electron chi connectivity index (χ0n) is 8.25. The van der Waals surface area contributed by atoms with Gasteiger partial charge >= 0.3 is 0 Å². The van der Waals surface area contributed by atoms with E-state index in [4.69, 9.17) is 16.3 Å². The zero-order chi connectivity index (χ0) is 10.4. The first kappa shape index (κ1) is 8.92. The van der Waals surface area contributed by atoms with E-state index < -0.39 is 0 Å². The number of fused-ring (bicyclic) bond motifs is 3. The maximum Gasteiger partial charge on any atom is 0.220 e. The van der Waals surface area contributed by atoms with Crippen LogP contribution in [0.15, 0.2) is 12.1 Å². The van der Waals surface area contributed by atoms with Gasteiger partial charge in [0.15, 0.2) is 0 Å². The minimum atomic E-state index is 0.471. The maximum atomic E-state index is 6.06. The Kier molecular flexibility index (Phi) is 1.83. The molecule has 15 heavy (non-hydrogen) atoms. The van der Waals surface area contributed by atoms with Gasteiger partial charge in [0.05, 0.1) is 12.1 Å². The summed E-state index contributed by atoms with van der Waals surface area (Å²) in [6.07, 6.45) is 0.868. The van der Waals surface area contributed by atoms with Gasteiger partial charge in [-0.1, -0.05) is 11.6 Å². The van der Waals surface area contributed by atoms with Crippen LogP contribution in [0.25, 0.3) is 10.9 Å². The molecule has 0 N–H and O–H groups in total. The Labute approximate surface area is 92.1 Å². The second kappa shape index (κ2) is 3.07. The average Bonchev–Trinajstić information content (AvgIpc) is 2.65. The molecule has 2 aromatic heterocycles. The van der Waals surface area contributed by atoms with Gasteiger partial charge in [0.2, 0.25) is 5.88 Å². The first-order valence-corrected chi connectivity index (χ1v) is 5.22. The largest absolute Gasteiger partial charge is 0.477 e. The Morgan fingerprint density at radius 3 is 3.07 bits per heavy atom. The second-order valence-electron chi connectivity index (χ2n) is 3.63. The van der Waals surface area contributed by atoms with Crippen molar-refractivity contribution in [1.29, 1.82) is 0 Å². The van der Waals surface area contributed by atoms with Crippen molar-refractivity contribution in [2.24, 2.45) is 0 Å². The smallest absolute Gasteiger partial charge is 0.220 e. The SMILES string of the molecule is Cc1ccc2c(Cl)nc3c(c2n1)CCO3. The van der Waals surface area contributed by atoms with Crippen molar-refractivity contribution in [2.45, 2.75) is 13.3 Å². The van der Waals surface area contributed by atoms with Crippen molar-refractivity contribution in [1.82, 2.24) is 9.97 Å². The second-order valence-corrected chi connectivity index (χ2v) is 3.99. The van der Waals surface area contributed by atoms with Gasteiger partial charge in [-0.3, -0.25) is 4.98 Å². The van der Waals surface area contributed by atoms with Crippen LogP contribution in [0.5, 0.6) is 5.88 Å². The lowest BCUT2D eigenvalue weighted by atomic mass is 10.1. The molecule has 0 amide bonds. The van der Waals surface area contributed by atoms with E-state index in [-0.39, 0.29) is 0 Å². The highest BCUT2D eigenvalue weighted by atomic mass is 35.5. The molecule has 0 fully saturated rings. The molecular weight excluding hydrogens is 212 g/mol. The first-order chi connectivity index (χ1) is 7.25. The number of halogens is 1. The summed E-state index contributed by atoms with van der Waals surface area (Å²) in [7, 11) is 0. The summed E-state index contributed by atoms with van der Waals surface area (Å²) in [6, 6.07) is 3.91. The van der Waals surface area contributed by atoms with Crippen LogP contribution in [0.1, 0.15) is 11.3 Å². The van der Waals surface area contributed by atoms with E-state index in [9.17, 15) is 0 Å². The molecule has 0 aliphatic carbocycles. The van der Waals surface area contributed by atoms with Crippen molar-refractivity contribution in [3.63, 3.8) is 0 Å². The molecule has 0 saturated carbocycles. The van der Waals surface area contributed by atoms with Gasteiger partial charge < -0.3 is 4.74 Å². The molecule has 1 aliphatic heterocycles. The molecule has 4 heteroatoms. The summed E-state index contributed by atoms with van der Waals surface area (Å²) >= 11 is 6.06. The first-order valence-electron chi connectivity index (χ1n) is 4.84. The Hall–Kier alpha value is -1.35. The van der Waals surface area contributed by atoms with Gasteiger partial charge in [0.25, 0.3) is 0 Å². The highest BCUT2D eigenvalue weighted by molar-refractivity contribution is 6.34. The van der Waals surface area contributed by atoms with Crippen molar-refractivity contribution >= 4 is 22.5 Å². The number of pyridine rings is 2. The third-order valence-electron chi connectivity index (χ3n) is 2.59. The molecule has 0 spiro atoms. The summed E-state index contributed by atoms with van der Waals surface area (Å²) in [4.78, 5) is 8.72. The number of aromatic nitrogens is 2. The number of rotatable bonds is 0. The molecule has 0 aromatic carbocycles. The van der Waals surface area contributed by atoms with Crippen LogP contribution in [0.2, 0.25) is 5.15 Å². The number of hydrogen-bond donors (Lipinski definition) is 0. The summed E-state index contributed by atoms with van der Waals surface area (Å²) < 4.78 is 5.39. The number of nitrogens with zero attached hydrogens (tertiary/aromatic N) is 2. The zero-order valence-corrected chi connectivity index (χ0v) is 9.01. The third-order valence-corrected chi connectivity index (χ3v) is 2.88. The fraction of sp³-hybridized carbons (Fsp3) is 0.273. The van der Waals surface area contributed by atoms with E-state index in [1.165, 1.54) is 0 Å². The quantitative estimate of drug-likeness (QED) is 0.640. The van der Waals surface area contributed by atoms with Crippen LogP contribution in [-0.4, -0.2) is 16.6 Å². The normalized spacial score (nSPS) is 14.0. The maximum absolute atomic E-state index is 6.06. The standard InChI is InChI=1S/C11H9ClN2O/c1-6-2-3-7-9(13-6)8-4-5-15-11(8)14-10(7)12/h2-3H,4-5H2,1H3. The van der Waals surface area contributed by atoms with E-state index in [1.54, 1.807) is 0 Å². The fourth-order valence-corrected chi connectivity index (χ4v) is 2.10. The van der Waals surface area contributed by atoms with Gasteiger partial charge in [0, 0.05) is 23.1 Å². The molecule has 3 nitrogen and oxygen atoms in total. The highest BCUT2D eigenvalue weighted by Gasteiger charge is 2.20. The molecule has 2 aromatic rings. The predicted octanol–water partition coefficient (Wildman–Crippen LogP) is 2.53. The number of hydrogen-bond acceptors (Lipinski definition) is 3. The molecule has 76 valence electrons. The van der Waals surface area contributed by atoms with Crippen LogP contribution in [0, 0.1) is 6.92 Å². The topological polar surface area (TPSA) is 35.0 Å².